The second-order valence-corrected chi connectivity index (χ2v) is 6.05. The van der Waals surface area contributed by atoms with Gasteiger partial charge in [-0.3, -0.25) is 0 Å². The zero-order valence-corrected chi connectivity index (χ0v) is 11.3. The van der Waals surface area contributed by atoms with Gasteiger partial charge in [0.25, 0.3) is 0 Å². The van der Waals surface area contributed by atoms with Gasteiger partial charge in [0.2, 0.25) is 0 Å². The number of fused-ring (bicyclic) bond motifs is 2. The van der Waals surface area contributed by atoms with Crippen LogP contribution in [0.3, 0.4) is 0 Å². The van der Waals surface area contributed by atoms with Gasteiger partial charge in [-0.05, 0) is 77.5 Å². The minimum Gasteiger partial charge on any atom is -0.493 e. The summed E-state index contributed by atoms with van der Waals surface area (Å²) in [6.07, 6.45) is 7.45. The van der Waals surface area contributed by atoms with Crippen LogP contribution in [-0.4, -0.2) is 6.61 Å². The fourth-order valence-electron chi connectivity index (χ4n) is 2.82. The number of hydrogen-bond acceptors (Lipinski definition) is 1. The van der Waals surface area contributed by atoms with Crippen LogP contribution in [0.1, 0.15) is 12.8 Å². The first-order valence-corrected chi connectivity index (χ1v) is 6.96. The molecule has 2 bridgehead atoms. The van der Waals surface area contributed by atoms with E-state index in [2.05, 4.69) is 59.0 Å². The highest BCUT2D eigenvalue weighted by atomic mass is 127. The Morgan fingerprint density at radius 2 is 1.94 bits per heavy atom. The van der Waals surface area contributed by atoms with Gasteiger partial charge in [-0.2, -0.15) is 0 Å². The lowest BCUT2D eigenvalue weighted by molar-refractivity contribution is 0.227. The largest absolute Gasteiger partial charge is 0.493 e. The van der Waals surface area contributed by atoms with Crippen molar-refractivity contribution in [3.63, 3.8) is 0 Å². The van der Waals surface area contributed by atoms with Gasteiger partial charge in [-0.25, -0.2) is 0 Å². The van der Waals surface area contributed by atoms with E-state index in [4.69, 9.17) is 4.74 Å². The van der Waals surface area contributed by atoms with E-state index in [1.165, 1.54) is 16.4 Å². The molecular formula is C14H15IO. The normalized spacial score (nSPS) is 30.9. The standard InChI is InChI=1S/C14H15IO/c15-13-3-5-14(6-4-13)16-9-12-8-10-1-2-11(12)7-10/h1-6,10-12H,7-9H2. The van der Waals surface area contributed by atoms with Gasteiger partial charge in [0, 0.05) is 3.57 Å². The van der Waals surface area contributed by atoms with Gasteiger partial charge in [0.1, 0.15) is 5.75 Å². The molecule has 0 N–H and O–H groups in total. The van der Waals surface area contributed by atoms with Crippen molar-refractivity contribution in [2.75, 3.05) is 6.61 Å². The van der Waals surface area contributed by atoms with Crippen molar-refractivity contribution in [1.82, 2.24) is 0 Å². The second-order valence-electron chi connectivity index (χ2n) is 4.81. The molecule has 0 heterocycles. The third-order valence-corrected chi connectivity index (χ3v) is 4.41. The summed E-state index contributed by atoms with van der Waals surface area (Å²) in [6, 6.07) is 8.31. The molecule has 0 spiro atoms. The van der Waals surface area contributed by atoms with E-state index in [-0.39, 0.29) is 0 Å². The number of ether oxygens (including phenoxy) is 1. The third kappa shape index (κ3) is 2.12. The van der Waals surface area contributed by atoms with Crippen molar-refractivity contribution in [2.45, 2.75) is 12.8 Å². The molecule has 3 unspecified atom stereocenters. The van der Waals surface area contributed by atoms with Crippen molar-refractivity contribution in [2.24, 2.45) is 17.8 Å². The van der Waals surface area contributed by atoms with Crippen LogP contribution in [0.25, 0.3) is 0 Å². The molecule has 0 radical (unpaired) electrons. The molecular weight excluding hydrogens is 311 g/mol. The Hall–Kier alpha value is -0.510. The van der Waals surface area contributed by atoms with Gasteiger partial charge in [0.05, 0.1) is 6.61 Å². The Morgan fingerprint density at radius 3 is 2.56 bits per heavy atom. The van der Waals surface area contributed by atoms with Crippen LogP contribution in [0.5, 0.6) is 5.75 Å². The molecule has 0 aromatic heterocycles. The van der Waals surface area contributed by atoms with Crippen molar-refractivity contribution < 1.29 is 4.74 Å². The molecule has 1 nitrogen and oxygen atoms in total. The van der Waals surface area contributed by atoms with Crippen molar-refractivity contribution >= 4 is 22.6 Å². The molecule has 1 aromatic carbocycles. The quantitative estimate of drug-likeness (QED) is 0.605. The van der Waals surface area contributed by atoms with Crippen LogP contribution >= 0.6 is 22.6 Å². The van der Waals surface area contributed by atoms with Crippen molar-refractivity contribution in [3.05, 3.63) is 40.0 Å². The van der Waals surface area contributed by atoms with Crippen molar-refractivity contribution in [1.29, 1.82) is 0 Å². The SMILES string of the molecule is Ic1ccc(OCC2CC3C=CC2C3)cc1. The Kier molecular flexibility index (Phi) is 2.92. The van der Waals surface area contributed by atoms with Gasteiger partial charge < -0.3 is 4.74 Å². The van der Waals surface area contributed by atoms with Crippen LogP contribution < -0.4 is 4.74 Å². The van der Waals surface area contributed by atoms with Gasteiger partial charge in [-0.1, -0.05) is 12.2 Å². The molecule has 0 saturated heterocycles. The molecule has 16 heavy (non-hydrogen) atoms. The monoisotopic (exact) mass is 326 g/mol. The fraction of sp³-hybridized carbons (Fsp3) is 0.429. The van der Waals surface area contributed by atoms with Crippen molar-refractivity contribution in [3.8, 4) is 5.75 Å². The summed E-state index contributed by atoms with van der Waals surface area (Å²) in [4.78, 5) is 0. The van der Waals surface area contributed by atoms with E-state index in [1.807, 2.05) is 0 Å². The third-order valence-electron chi connectivity index (χ3n) is 3.69. The second kappa shape index (κ2) is 4.40. The average Bonchev–Trinajstić information content (AvgIpc) is 2.90. The highest BCUT2D eigenvalue weighted by Crippen LogP contribution is 2.43. The zero-order chi connectivity index (χ0) is 11.0. The van der Waals surface area contributed by atoms with Crippen LogP contribution in [0.2, 0.25) is 0 Å². The van der Waals surface area contributed by atoms with Crippen LogP contribution in [0, 0.1) is 21.3 Å². The Morgan fingerprint density at radius 1 is 1.12 bits per heavy atom. The number of halogens is 1. The topological polar surface area (TPSA) is 9.23 Å². The minimum atomic E-state index is 0.745. The smallest absolute Gasteiger partial charge is 0.119 e. The summed E-state index contributed by atoms with van der Waals surface area (Å²) in [6.45, 7) is 0.881. The Balaban J connectivity index is 1.57. The van der Waals surface area contributed by atoms with Gasteiger partial charge in [-0.15, -0.1) is 0 Å². The van der Waals surface area contributed by atoms with E-state index in [0.29, 0.717) is 0 Å². The predicted octanol–water partition coefficient (Wildman–Crippen LogP) is 3.88. The molecule has 3 atom stereocenters. The molecule has 3 rings (SSSR count). The van der Waals surface area contributed by atoms with Crippen LogP contribution in [0.15, 0.2) is 36.4 Å². The maximum atomic E-state index is 5.86. The number of rotatable bonds is 3. The fourth-order valence-corrected chi connectivity index (χ4v) is 3.18. The van der Waals surface area contributed by atoms with E-state index >= 15 is 0 Å². The molecule has 1 fully saturated rings. The lowest BCUT2D eigenvalue weighted by Gasteiger charge is -2.18. The number of allylic oxidation sites excluding steroid dienone is 2. The maximum absolute atomic E-state index is 5.86. The predicted molar refractivity (Wildman–Crippen MR) is 73.5 cm³/mol. The summed E-state index contributed by atoms with van der Waals surface area (Å²) >= 11 is 2.31. The molecule has 0 aliphatic heterocycles. The number of hydrogen-bond donors (Lipinski definition) is 0. The van der Waals surface area contributed by atoms with Crippen LogP contribution in [-0.2, 0) is 0 Å². The van der Waals surface area contributed by atoms with E-state index in [1.54, 1.807) is 0 Å². The molecule has 0 amide bonds. The minimum absolute atomic E-state index is 0.745. The molecule has 84 valence electrons. The van der Waals surface area contributed by atoms with E-state index in [0.717, 1.165) is 30.1 Å². The lowest BCUT2D eigenvalue weighted by atomic mass is 9.95. The summed E-state index contributed by atoms with van der Waals surface area (Å²) in [5.41, 5.74) is 0. The molecule has 1 saturated carbocycles. The maximum Gasteiger partial charge on any atom is 0.119 e. The summed E-state index contributed by atoms with van der Waals surface area (Å²) in [7, 11) is 0. The summed E-state index contributed by atoms with van der Waals surface area (Å²) < 4.78 is 7.12. The molecule has 1 aromatic rings. The summed E-state index contributed by atoms with van der Waals surface area (Å²) in [5.74, 6) is 3.38. The molecule has 2 heteroatoms. The Labute approximate surface area is 110 Å². The number of benzene rings is 1. The highest BCUT2D eigenvalue weighted by Gasteiger charge is 2.35. The van der Waals surface area contributed by atoms with Crippen LogP contribution in [0.4, 0.5) is 0 Å². The van der Waals surface area contributed by atoms with Gasteiger partial charge >= 0.3 is 0 Å². The lowest BCUT2D eigenvalue weighted by Crippen LogP contribution is -2.16. The Bertz CT molecular complexity index is 396. The summed E-state index contributed by atoms with van der Waals surface area (Å²) in [5, 5.41) is 0. The highest BCUT2D eigenvalue weighted by molar-refractivity contribution is 14.1. The zero-order valence-electron chi connectivity index (χ0n) is 9.10. The average molecular weight is 326 g/mol. The van der Waals surface area contributed by atoms with Gasteiger partial charge in [0.15, 0.2) is 0 Å². The van der Waals surface area contributed by atoms with E-state index < -0.39 is 0 Å². The first-order valence-electron chi connectivity index (χ1n) is 5.88. The molecule has 2 aliphatic carbocycles. The first-order chi connectivity index (χ1) is 7.81. The molecule has 2 aliphatic rings. The van der Waals surface area contributed by atoms with E-state index in [9.17, 15) is 0 Å². The first kappa shape index (κ1) is 10.6.